The van der Waals surface area contributed by atoms with E-state index in [9.17, 15) is 0 Å². The van der Waals surface area contributed by atoms with Crippen LogP contribution < -0.4 is 5.32 Å². The summed E-state index contributed by atoms with van der Waals surface area (Å²) in [5.41, 5.74) is 3.18. The van der Waals surface area contributed by atoms with E-state index in [1.54, 1.807) is 11.1 Å². The zero-order valence-corrected chi connectivity index (χ0v) is 12.8. The van der Waals surface area contributed by atoms with E-state index >= 15 is 0 Å². The first kappa shape index (κ1) is 14.6. The Balaban J connectivity index is 2.18. The monoisotopic (exact) mass is 259 g/mol. The lowest BCUT2D eigenvalue weighted by Gasteiger charge is -2.31. The van der Waals surface area contributed by atoms with Crippen molar-refractivity contribution in [1.82, 2.24) is 5.32 Å². The third-order valence-corrected chi connectivity index (χ3v) is 4.30. The van der Waals surface area contributed by atoms with Crippen LogP contribution >= 0.6 is 0 Å². The lowest BCUT2D eigenvalue weighted by molar-refractivity contribution is 0.398. The predicted octanol–water partition coefficient (Wildman–Crippen LogP) is 5.18. The minimum Gasteiger partial charge on any atom is -0.308 e. The summed E-state index contributed by atoms with van der Waals surface area (Å²) in [6.45, 7) is 6.79. The van der Waals surface area contributed by atoms with Crippen molar-refractivity contribution in [2.24, 2.45) is 0 Å². The molecule has 0 aromatic heterocycles. The van der Waals surface area contributed by atoms with Crippen molar-refractivity contribution in [2.75, 3.05) is 0 Å². The summed E-state index contributed by atoms with van der Waals surface area (Å²) in [6, 6.07) is 10.2. The van der Waals surface area contributed by atoms with Gasteiger partial charge in [0.25, 0.3) is 0 Å². The van der Waals surface area contributed by atoms with E-state index in [2.05, 4.69) is 50.4 Å². The second-order valence-electron chi connectivity index (χ2n) is 6.27. The van der Waals surface area contributed by atoms with E-state index in [1.807, 2.05) is 0 Å². The summed E-state index contributed by atoms with van der Waals surface area (Å²) in [4.78, 5) is 0. The Kier molecular flexibility index (Phi) is 5.45. The van der Waals surface area contributed by atoms with Gasteiger partial charge in [-0.3, -0.25) is 0 Å². The smallest absolute Gasteiger partial charge is 0.0325 e. The molecule has 1 fully saturated rings. The van der Waals surface area contributed by atoms with Crippen LogP contribution in [0.25, 0.3) is 0 Å². The summed E-state index contributed by atoms with van der Waals surface area (Å²) in [5.74, 6) is 0.828. The second kappa shape index (κ2) is 7.09. The molecule has 2 rings (SSSR count). The average Bonchev–Trinajstić information content (AvgIpc) is 2.33. The molecule has 1 N–H and O–H groups in total. The van der Waals surface area contributed by atoms with E-state index < -0.39 is 0 Å². The van der Waals surface area contributed by atoms with Crippen LogP contribution in [0.3, 0.4) is 0 Å². The van der Waals surface area contributed by atoms with E-state index in [-0.39, 0.29) is 0 Å². The van der Waals surface area contributed by atoms with Gasteiger partial charge in [-0.25, -0.2) is 0 Å². The molecule has 1 atom stereocenters. The van der Waals surface area contributed by atoms with Gasteiger partial charge in [-0.1, -0.05) is 64.3 Å². The summed E-state index contributed by atoms with van der Waals surface area (Å²) in [5, 5.41) is 3.77. The highest BCUT2D eigenvalue weighted by Crippen LogP contribution is 2.40. The third kappa shape index (κ3) is 3.82. The summed E-state index contributed by atoms with van der Waals surface area (Å²) >= 11 is 0. The number of rotatable bonds is 7. The van der Waals surface area contributed by atoms with Crippen LogP contribution in [-0.2, 0) is 0 Å². The molecular weight excluding hydrogens is 230 g/mol. The summed E-state index contributed by atoms with van der Waals surface area (Å²) in [6.07, 6.45) is 8.04. The lowest BCUT2D eigenvalue weighted by atomic mass is 9.76. The molecule has 1 aromatic carbocycles. The highest BCUT2D eigenvalue weighted by molar-refractivity contribution is 5.34. The zero-order valence-electron chi connectivity index (χ0n) is 12.8. The standard InChI is InChI=1S/C18H29N/c1-4-5-13-18(19-14(2)3)17-12-7-6-11-16(17)15-9-8-10-15/h6-7,11-12,14-15,18-19H,4-5,8-10,13H2,1-3H3. The molecule has 0 heterocycles. The molecule has 0 amide bonds. The van der Waals surface area contributed by atoms with Gasteiger partial charge in [0.05, 0.1) is 0 Å². The molecule has 1 saturated carbocycles. The van der Waals surface area contributed by atoms with Gasteiger partial charge in [0.1, 0.15) is 0 Å². The number of unbranched alkanes of at least 4 members (excludes halogenated alkanes) is 1. The molecule has 0 radical (unpaired) electrons. The third-order valence-electron chi connectivity index (χ3n) is 4.30. The predicted molar refractivity (Wildman–Crippen MR) is 83.6 cm³/mol. The average molecular weight is 259 g/mol. The Labute approximate surface area is 118 Å². The molecule has 1 unspecified atom stereocenters. The molecule has 0 spiro atoms. The van der Waals surface area contributed by atoms with Crippen LogP contribution in [0.15, 0.2) is 24.3 Å². The van der Waals surface area contributed by atoms with Gasteiger partial charge >= 0.3 is 0 Å². The first-order chi connectivity index (χ1) is 9.22. The van der Waals surface area contributed by atoms with Crippen LogP contribution in [0.4, 0.5) is 0 Å². The van der Waals surface area contributed by atoms with Crippen LogP contribution in [0.2, 0.25) is 0 Å². The van der Waals surface area contributed by atoms with Crippen molar-refractivity contribution >= 4 is 0 Å². The maximum absolute atomic E-state index is 3.77. The normalized spacial score (nSPS) is 17.5. The molecule has 1 nitrogen and oxygen atoms in total. The Morgan fingerprint density at radius 2 is 1.95 bits per heavy atom. The first-order valence-electron chi connectivity index (χ1n) is 8.07. The van der Waals surface area contributed by atoms with Crippen LogP contribution in [-0.4, -0.2) is 6.04 Å². The maximum atomic E-state index is 3.77. The first-order valence-corrected chi connectivity index (χ1v) is 8.07. The fraction of sp³-hybridized carbons (Fsp3) is 0.667. The topological polar surface area (TPSA) is 12.0 Å². The lowest BCUT2D eigenvalue weighted by Crippen LogP contribution is -2.29. The number of nitrogens with one attached hydrogen (secondary N) is 1. The highest BCUT2D eigenvalue weighted by Gasteiger charge is 2.24. The molecular formula is C18H29N. The molecule has 1 heteroatoms. The maximum Gasteiger partial charge on any atom is 0.0325 e. The Hall–Kier alpha value is -0.820. The molecule has 1 aliphatic carbocycles. The molecule has 0 bridgehead atoms. The molecule has 0 saturated heterocycles. The van der Waals surface area contributed by atoms with Gasteiger partial charge in [0, 0.05) is 12.1 Å². The Morgan fingerprint density at radius 3 is 2.53 bits per heavy atom. The van der Waals surface area contributed by atoms with Gasteiger partial charge in [0.15, 0.2) is 0 Å². The summed E-state index contributed by atoms with van der Waals surface area (Å²) in [7, 11) is 0. The number of hydrogen-bond donors (Lipinski definition) is 1. The number of benzene rings is 1. The van der Waals surface area contributed by atoms with E-state index in [0.29, 0.717) is 12.1 Å². The number of hydrogen-bond acceptors (Lipinski definition) is 1. The Bertz CT molecular complexity index is 379. The van der Waals surface area contributed by atoms with Crippen molar-refractivity contribution in [1.29, 1.82) is 0 Å². The zero-order chi connectivity index (χ0) is 13.7. The second-order valence-corrected chi connectivity index (χ2v) is 6.27. The van der Waals surface area contributed by atoms with Crippen molar-refractivity contribution < 1.29 is 0 Å². The minimum atomic E-state index is 0.539. The molecule has 106 valence electrons. The Morgan fingerprint density at radius 1 is 1.21 bits per heavy atom. The fourth-order valence-corrected chi connectivity index (χ4v) is 3.06. The van der Waals surface area contributed by atoms with E-state index in [0.717, 1.165) is 5.92 Å². The van der Waals surface area contributed by atoms with Crippen molar-refractivity contribution in [3.8, 4) is 0 Å². The van der Waals surface area contributed by atoms with Crippen molar-refractivity contribution in [2.45, 2.75) is 77.3 Å². The van der Waals surface area contributed by atoms with Gasteiger partial charge < -0.3 is 5.32 Å². The van der Waals surface area contributed by atoms with Gasteiger partial charge in [-0.05, 0) is 36.3 Å². The fourth-order valence-electron chi connectivity index (χ4n) is 3.06. The molecule has 1 aromatic rings. The van der Waals surface area contributed by atoms with Crippen LogP contribution in [0.5, 0.6) is 0 Å². The van der Waals surface area contributed by atoms with E-state index in [1.165, 1.54) is 38.5 Å². The largest absolute Gasteiger partial charge is 0.308 e. The van der Waals surface area contributed by atoms with Crippen LogP contribution in [0.1, 0.15) is 82.4 Å². The molecule has 19 heavy (non-hydrogen) atoms. The van der Waals surface area contributed by atoms with Crippen molar-refractivity contribution in [3.05, 3.63) is 35.4 Å². The highest BCUT2D eigenvalue weighted by atomic mass is 14.9. The molecule has 0 aliphatic heterocycles. The minimum absolute atomic E-state index is 0.539. The SMILES string of the molecule is CCCCC(NC(C)C)c1ccccc1C1CCC1. The van der Waals surface area contributed by atoms with Crippen molar-refractivity contribution in [3.63, 3.8) is 0 Å². The van der Waals surface area contributed by atoms with Gasteiger partial charge in [-0.15, -0.1) is 0 Å². The van der Waals surface area contributed by atoms with Gasteiger partial charge in [0.2, 0.25) is 0 Å². The van der Waals surface area contributed by atoms with Gasteiger partial charge in [-0.2, -0.15) is 0 Å². The quantitative estimate of drug-likeness (QED) is 0.711. The van der Waals surface area contributed by atoms with Crippen LogP contribution in [0, 0.1) is 0 Å². The van der Waals surface area contributed by atoms with E-state index in [4.69, 9.17) is 0 Å². The summed E-state index contributed by atoms with van der Waals surface area (Å²) < 4.78 is 0. The molecule has 1 aliphatic rings.